The van der Waals surface area contributed by atoms with Crippen LogP contribution in [0.15, 0.2) is 0 Å². The Hall–Kier alpha value is -0.570. The molecular formula is C16H30N2O. The molecule has 2 saturated carbocycles. The third-order valence-corrected chi connectivity index (χ3v) is 5.37. The molecule has 19 heavy (non-hydrogen) atoms. The number of nitrogens with one attached hydrogen (secondary N) is 1. The second kappa shape index (κ2) is 6.25. The fourth-order valence-corrected chi connectivity index (χ4v) is 3.99. The van der Waals surface area contributed by atoms with Gasteiger partial charge in [0.05, 0.1) is 0 Å². The van der Waals surface area contributed by atoms with Crippen LogP contribution in [-0.2, 0) is 4.79 Å². The van der Waals surface area contributed by atoms with E-state index in [4.69, 9.17) is 5.73 Å². The number of carbonyl (C=O) groups excluding carboxylic acids is 1. The highest BCUT2D eigenvalue weighted by atomic mass is 16.2. The number of amides is 1. The average molecular weight is 266 g/mol. The Morgan fingerprint density at radius 1 is 1.21 bits per heavy atom. The van der Waals surface area contributed by atoms with Crippen molar-refractivity contribution in [2.45, 2.75) is 71.3 Å². The Labute approximate surface area is 117 Å². The van der Waals surface area contributed by atoms with Crippen LogP contribution in [0.4, 0.5) is 0 Å². The fourth-order valence-electron chi connectivity index (χ4n) is 3.99. The van der Waals surface area contributed by atoms with Gasteiger partial charge in [-0.2, -0.15) is 0 Å². The second-order valence-electron chi connectivity index (χ2n) is 7.18. The van der Waals surface area contributed by atoms with E-state index in [1.54, 1.807) is 0 Å². The van der Waals surface area contributed by atoms with Gasteiger partial charge >= 0.3 is 0 Å². The lowest BCUT2D eigenvalue weighted by Crippen LogP contribution is -2.50. The summed E-state index contributed by atoms with van der Waals surface area (Å²) in [6.45, 7) is 5.07. The van der Waals surface area contributed by atoms with E-state index in [0.717, 1.165) is 6.42 Å². The third-order valence-electron chi connectivity index (χ3n) is 5.37. The molecule has 0 aliphatic heterocycles. The van der Waals surface area contributed by atoms with Crippen molar-refractivity contribution in [1.29, 1.82) is 0 Å². The number of hydrogen-bond acceptors (Lipinski definition) is 2. The second-order valence-corrected chi connectivity index (χ2v) is 7.18. The van der Waals surface area contributed by atoms with Crippen molar-refractivity contribution in [2.24, 2.45) is 23.0 Å². The van der Waals surface area contributed by atoms with E-state index in [-0.39, 0.29) is 23.3 Å². The molecule has 0 aromatic rings. The van der Waals surface area contributed by atoms with Crippen molar-refractivity contribution < 1.29 is 4.79 Å². The van der Waals surface area contributed by atoms with Gasteiger partial charge in [0.1, 0.15) is 0 Å². The molecule has 2 rings (SSSR count). The van der Waals surface area contributed by atoms with E-state index in [9.17, 15) is 4.79 Å². The van der Waals surface area contributed by atoms with Crippen LogP contribution >= 0.6 is 0 Å². The van der Waals surface area contributed by atoms with Crippen LogP contribution in [0.25, 0.3) is 0 Å². The molecule has 0 radical (unpaired) electrons. The molecule has 110 valence electrons. The number of nitrogens with two attached hydrogens (primary N) is 1. The topological polar surface area (TPSA) is 55.1 Å². The molecule has 2 aliphatic carbocycles. The van der Waals surface area contributed by atoms with E-state index >= 15 is 0 Å². The standard InChI is InChI=1S/C16H30N2O/c1-16(2)10-6-5-9-13(16)15(19)18-14(11-17)12-7-3-4-8-12/h12-14H,3-11,17H2,1-2H3,(H,18,19). The molecule has 2 atom stereocenters. The van der Waals surface area contributed by atoms with Crippen LogP contribution in [-0.4, -0.2) is 18.5 Å². The van der Waals surface area contributed by atoms with Gasteiger partial charge in [0.15, 0.2) is 0 Å². The van der Waals surface area contributed by atoms with Gasteiger partial charge in [0.2, 0.25) is 5.91 Å². The molecule has 3 nitrogen and oxygen atoms in total. The molecule has 0 heterocycles. The van der Waals surface area contributed by atoms with Crippen LogP contribution in [0.2, 0.25) is 0 Å². The van der Waals surface area contributed by atoms with Crippen molar-refractivity contribution in [2.75, 3.05) is 6.54 Å². The van der Waals surface area contributed by atoms with Crippen molar-refractivity contribution in [3.63, 3.8) is 0 Å². The third kappa shape index (κ3) is 3.50. The zero-order valence-corrected chi connectivity index (χ0v) is 12.6. The monoisotopic (exact) mass is 266 g/mol. The van der Waals surface area contributed by atoms with Crippen molar-refractivity contribution in [1.82, 2.24) is 5.32 Å². The van der Waals surface area contributed by atoms with Crippen LogP contribution in [0, 0.1) is 17.3 Å². The summed E-state index contributed by atoms with van der Waals surface area (Å²) in [6.07, 6.45) is 9.73. The summed E-state index contributed by atoms with van der Waals surface area (Å²) in [7, 11) is 0. The summed E-state index contributed by atoms with van der Waals surface area (Å²) in [4.78, 5) is 12.6. The summed E-state index contributed by atoms with van der Waals surface area (Å²) < 4.78 is 0. The highest BCUT2D eigenvalue weighted by Gasteiger charge is 2.38. The maximum atomic E-state index is 12.6. The smallest absolute Gasteiger partial charge is 0.223 e. The van der Waals surface area contributed by atoms with Crippen LogP contribution in [0.1, 0.15) is 65.2 Å². The number of carbonyl (C=O) groups is 1. The molecule has 1 amide bonds. The van der Waals surface area contributed by atoms with E-state index < -0.39 is 0 Å². The molecule has 0 saturated heterocycles. The Morgan fingerprint density at radius 2 is 1.84 bits per heavy atom. The maximum absolute atomic E-state index is 12.6. The molecular weight excluding hydrogens is 236 g/mol. The molecule has 0 aromatic heterocycles. The van der Waals surface area contributed by atoms with Gasteiger partial charge in [0.25, 0.3) is 0 Å². The highest BCUT2D eigenvalue weighted by molar-refractivity contribution is 5.79. The summed E-state index contributed by atoms with van der Waals surface area (Å²) in [5.41, 5.74) is 6.03. The van der Waals surface area contributed by atoms with E-state index in [1.165, 1.54) is 44.9 Å². The molecule has 0 bridgehead atoms. The van der Waals surface area contributed by atoms with Gasteiger partial charge in [-0.3, -0.25) is 4.79 Å². The summed E-state index contributed by atoms with van der Waals surface area (Å²) in [5.74, 6) is 1.05. The zero-order chi connectivity index (χ0) is 13.9. The van der Waals surface area contributed by atoms with Gasteiger partial charge in [0, 0.05) is 18.5 Å². The first-order valence-corrected chi connectivity index (χ1v) is 8.05. The molecule has 0 spiro atoms. The average Bonchev–Trinajstić information content (AvgIpc) is 2.88. The predicted octanol–water partition coefficient (Wildman–Crippen LogP) is 2.84. The lowest BCUT2D eigenvalue weighted by Gasteiger charge is -2.38. The first-order valence-electron chi connectivity index (χ1n) is 8.05. The van der Waals surface area contributed by atoms with Crippen LogP contribution in [0.3, 0.4) is 0 Å². The van der Waals surface area contributed by atoms with Gasteiger partial charge in [-0.05, 0) is 37.0 Å². The number of hydrogen-bond donors (Lipinski definition) is 2. The van der Waals surface area contributed by atoms with Crippen molar-refractivity contribution in [3.8, 4) is 0 Å². The van der Waals surface area contributed by atoms with E-state index in [1.807, 2.05) is 0 Å². The molecule has 3 heteroatoms. The first kappa shape index (κ1) is 14.8. The maximum Gasteiger partial charge on any atom is 0.223 e. The largest absolute Gasteiger partial charge is 0.352 e. The minimum atomic E-state index is 0.150. The lowest BCUT2D eigenvalue weighted by molar-refractivity contribution is -0.131. The molecule has 2 unspecified atom stereocenters. The van der Waals surface area contributed by atoms with Crippen LogP contribution in [0.5, 0.6) is 0 Å². The van der Waals surface area contributed by atoms with E-state index in [0.29, 0.717) is 12.5 Å². The predicted molar refractivity (Wildman–Crippen MR) is 78.7 cm³/mol. The lowest BCUT2D eigenvalue weighted by atomic mass is 9.68. The molecule has 3 N–H and O–H groups in total. The van der Waals surface area contributed by atoms with Crippen LogP contribution < -0.4 is 11.1 Å². The number of rotatable bonds is 4. The minimum absolute atomic E-state index is 0.150. The minimum Gasteiger partial charge on any atom is -0.352 e. The molecule has 0 aromatic carbocycles. The Balaban J connectivity index is 1.94. The van der Waals surface area contributed by atoms with Gasteiger partial charge in [-0.1, -0.05) is 39.5 Å². The Morgan fingerprint density at radius 3 is 2.42 bits per heavy atom. The Bertz CT molecular complexity index is 308. The SMILES string of the molecule is CC1(C)CCCCC1C(=O)NC(CN)C1CCCC1. The molecule has 2 fully saturated rings. The van der Waals surface area contributed by atoms with Gasteiger partial charge in [-0.15, -0.1) is 0 Å². The first-order chi connectivity index (χ1) is 9.04. The quantitative estimate of drug-likeness (QED) is 0.822. The Kier molecular flexibility index (Phi) is 4.88. The van der Waals surface area contributed by atoms with Gasteiger partial charge in [-0.25, -0.2) is 0 Å². The van der Waals surface area contributed by atoms with Crippen molar-refractivity contribution >= 4 is 5.91 Å². The summed E-state index contributed by atoms with van der Waals surface area (Å²) in [5, 5.41) is 3.27. The van der Waals surface area contributed by atoms with Crippen molar-refractivity contribution in [3.05, 3.63) is 0 Å². The molecule has 2 aliphatic rings. The highest BCUT2D eigenvalue weighted by Crippen LogP contribution is 2.40. The normalized spacial score (nSPS) is 29.1. The van der Waals surface area contributed by atoms with E-state index in [2.05, 4.69) is 19.2 Å². The van der Waals surface area contributed by atoms with Gasteiger partial charge < -0.3 is 11.1 Å². The zero-order valence-electron chi connectivity index (χ0n) is 12.6. The fraction of sp³-hybridized carbons (Fsp3) is 0.938. The summed E-state index contributed by atoms with van der Waals surface area (Å²) in [6, 6.07) is 0.202. The summed E-state index contributed by atoms with van der Waals surface area (Å²) >= 11 is 0.